The van der Waals surface area contributed by atoms with E-state index in [0.717, 1.165) is 25.1 Å². The number of amides is 1. The van der Waals surface area contributed by atoms with E-state index in [1.54, 1.807) is 19.2 Å². The van der Waals surface area contributed by atoms with Crippen LogP contribution < -0.4 is 10.2 Å². The molecule has 0 aromatic carbocycles. The number of carbonyl (C=O) groups is 2. The number of carbonyl (C=O) groups excluding carboxylic acids is 2. The third-order valence-corrected chi connectivity index (χ3v) is 7.08. The van der Waals surface area contributed by atoms with Crippen LogP contribution in [0.2, 0.25) is 0 Å². The summed E-state index contributed by atoms with van der Waals surface area (Å²) < 4.78 is 6.14. The summed E-state index contributed by atoms with van der Waals surface area (Å²) in [5.41, 5.74) is -0.676. The lowest BCUT2D eigenvalue weighted by Crippen LogP contribution is -2.69. The van der Waals surface area contributed by atoms with Gasteiger partial charge in [-0.1, -0.05) is 6.42 Å². The Kier molecular flexibility index (Phi) is 5.38. The number of pyridine rings is 1. The number of hydrogen-bond donors (Lipinski definition) is 2. The first-order valence-corrected chi connectivity index (χ1v) is 10.7. The standard InChI is InChI=1S/C22H31N3O4/c1-15(26)17-6-10-23-18(14-17)25-11-7-22(8-12-25)20(28)21(2,9-13-29-22)24-19(27)16-4-3-5-16/h6,10,14,16,20,28H,3-5,7-9,11-13H2,1-2H3,(H,24,27)/t20-,21+/m1/s1. The highest BCUT2D eigenvalue weighted by Crippen LogP contribution is 2.41. The number of anilines is 1. The molecule has 1 aromatic heterocycles. The SMILES string of the molecule is CC(=O)c1ccnc(N2CCC3(CC2)OCC[C@](C)(NC(=O)C2CCC2)[C@H]3O)c1. The third-order valence-electron chi connectivity index (χ3n) is 7.08. The average molecular weight is 402 g/mol. The van der Waals surface area contributed by atoms with Crippen LogP contribution in [0.5, 0.6) is 0 Å². The van der Waals surface area contributed by atoms with Crippen LogP contribution >= 0.6 is 0 Å². The van der Waals surface area contributed by atoms with Gasteiger partial charge in [-0.2, -0.15) is 0 Å². The summed E-state index contributed by atoms with van der Waals surface area (Å²) in [7, 11) is 0. The van der Waals surface area contributed by atoms with Crippen LogP contribution in [-0.2, 0) is 9.53 Å². The number of piperidine rings is 1. The molecule has 2 saturated heterocycles. The molecular weight excluding hydrogens is 370 g/mol. The van der Waals surface area contributed by atoms with Crippen LogP contribution in [0.3, 0.4) is 0 Å². The van der Waals surface area contributed by atoms with Crippen molar-refractivity contribution in [2.24, 2.45) is 5.92 Å². The molecule has 29 heavy (non-hydrogen) atoms. The van der Waals surface area contributed by atoms with Crippen molar-refractivity contribution in [3.05, 3.63) is 23.9 Å². The van der Waals surface area contributed by atoms with Crippen molar-refractivity contribution in [3.8, 4) is 0 Å². The fourth-order valence-electron chi connectivity index (χ4n) is 4.79. The van der Waals surface area contributed by atoms with Gasteiger partial charge in [-0.05, 0) is 58.1 Å². The number of aliphatic hydroxyl groups is 1. The summed E-state index contributed by atoms with van der Waals surface area (Å²) >= 11 is 0. The minimum absolute atomic E-state index is 0.0196. The number of rotatable bonds is 4. The van der Waals surface area contributed by atoms with E-state index in [9.17, 15) is 14.7 Å². The highest BCUT2D eigenvalue weighted by molar-refractivity contribution is 5.94. The number of aromatic nitrogens is 1. The quantitative estimate of drug-likeness (QED) is 0.751. The molecule has 158 valence electrons. The summed E-state index contributed by atoms with van der Waals surface area (Å²) in [6.07, 6.45) is 5.81. The van der Waals surface area contributed by atoms with Gasteiger partial charge in [-0.3, -0.25) is 9.59 Å². The summed E-state index contributed by atoms with van der Waals surface area (Å²) in [5, 5.41) is 14.4. The summed E-state index contributed by atoms with van der Waals surface area (Å²) in [6.45, 7) is 5.38. The molecule has 1 spiro atoms. The van der Waals surface area contributed by atoms with Crippen LogP contribution in [0.4, 0.5) is 5.82 Å². The Morgan fingerprint density at radius 2 is 2.00 bits per heavy atom. The van der Waals surface area contributed by atoms with Gasteiger partial charge in [0.05, 0.1) is 11.1 Å². The monoisotopic (exact) mass is 401 g/mol. The number of nitrogens with zero attached hydrogens (tertiary/aromatic N) is 2. The Hall–Kier alpha value is -1.99. The second-order valence-corrected chi connectivity index (χ2v) is 9.05. The first kappa shape index (κ1) is 20.3. The molecule has 7 nitrogen and oxygen atoms in total. The van der Waals surface area contributed by atoms with E-state index in [1.807, 2.05) is 13.0 Å². The highest BCUT2D eigenvalue weighted by Gasteiger charge is 2.54. The molecule has 0 radical (unpaired) electrons. The van der Waals surface area contributed by atoms with Gasteiger partial charge in [0, 0.05) is 37.4 Å². The van der Waals surface area contributed by atoms with Crippen molar-refractivity contribution in [2.75, 3.05) is 24.6 Å². The van der Waals surface area contributed by atoms with Gasteiger partial charge in [0.15, 0.2) is 5.78 Å². The first-order valence-electron chi connectivity index (χ1n) is 10.7. The van der Waals surface area contributed by atoms with Crippen molar-refractivity contribution >= 4 is 17.5 Å². The molecule has 1 saturated carbocycles. The maximum Gasteiger partial charge on any atom is 0.223 e. The Morgan fingerprint density at radius 3 is 2.62 bits per heavy atom. The molecule has 4 rings (SSSR count). The van der Waals surface area contributed by atoms with Gasteiger partial charge in [0.25, 0.3) is 0 Å². The zero-order valence-corrected chi connectivity index (χ0v) is 17.3. The zero-order chi connectivity index (χ0) is 20.6. The molecule has 1 aromatic rings. The molecule has 2 atom stereocenters. The van der Waals surface area contributed by atoms with Crippen molar-refractivity contribution in [3.63, 3.8) is 0 Å². The van der Waals surface area contributed by atoms with Crippen LogP contribution in [0, 0.1) is 5.92 Å². The molecule has 2 N–H and O–H groups in total. The molecule has 3 fully saturated rings. The van der Waals surface area contributed by atoms with Crippen LogP contribution in [0.1, 0.15) is 62.7 Å². The molecule has 1 amide bonds. The van der Waals surface area contributed by atoms with Crippen LogP contribution in [0.15, 0.2) is 18.3 Å². The predicted molar refractivity (Wildman–Crippen MR) is 109 cm³/mol. The summed E-state index contributed by atoms with van der Waals surface area (Å²) in [6, 6.07) is 3.54. The Labute approximate surface area is 171 Å². The second-order valence-electron chi connectivity index (χ2n) is 9.05. The lowest BCUT2D eigenvalue weighted by Gasteiger charge is -2.54. The highest BCUT2D eigenvalue weighted by atomic mass is 16.5. The fraction of sp³-hybridized carbons (Fsp3) is 0.682. The van der Waals surface area contributed by atoms with E-state index in [0.29, 0.717) is 44.5 Å². The molecule has 3 heterocycles. The van der Waals surface area contributed by atoms with Gasteiger partial charge < -0.3 is 20.1 Å². The zero-order valence-electron chi connectivity index (χ0n) is 17.3. The molecule has 1 aliphatic carbocycles. The fourth-order valence-corrected chi connectivity index (χ4v) is 4.79. The summed E-state index contributed by atoms with van der Waals surface area (Å²) in [5.74, 6) is 0.960. The second kappa shape index (κ2) is 7.69. The Morgan fingerprint density at radius 1 is 1.28 bits per heavy atom. The molecule has 7 heteroatoms. The average Bonchev–Trinajstić information content (AvgIpc) is 2.65. The largest absolute Gasteiger partial charge is 0.388 e. The van der Waals surface area contributed by atoms with E-state index in [4.69, 9.17) is 4.74 Å². The van der Waals surface area contributed by atoms with E-state index in [-0.39, 0.29) is 17.6 Å². The molecule has 0 bridgehead atoms. The normalized spacial score (nSPS) is 29.3. The minimum Gasteiger partial charge on any atom is -0.388 e. The van der Waals surface area contributed by atoms with Gasteiger partial charge >= 0.3 is 0 Å². The molecule has 2 aliphatic heterocycles. The third kappa shape index (κ3) is 3.78. The Balaban J connectivity index is 1.44. The van der Waals surface area contributed by atoms with E-state index >= 15 is 0 Å². The smallest absolute Gasteiger partial charge is 0.223 e. The van der Waals surface area contributed by atoms with Crippen molar-refractivity contribution in [2.45, 2.75) is 69.6 Å². The Bertz CT molecular complexity index is 786. The van der Waals surface area contributed by atoms with E-state index < -0.39 is 17.2 Å². The van der Waals surface area contributed by atoms with Gasteiger partial charge in [0.2, 0.25) is 5.91 Å². The topological polar surface area (TPSA) is 91.8 Å². The predicted octanol–water partition coefficient (Wildman–Crippen LogP) is 2.08. The number of aliphatic hydroxyl groups excluding tert-OH is 1. The number of hydrogen-bond acceptors (Lipinski definition) is 6. The van der Waals surface area contributed by atoms with Crippen molar-refractivity contribution < 1.29 is 19.4 Å². The van der Waals surface area contributed by atoms with E-state index in [2.05, 4.69) is 15.2 Å². The number of nitrogens with one attached hydrogen (secondary N) is 1. The number of ketones is 1. The molecular formula is C22H31N3O4. The van der Waals surface area contributed by atoms with Crippen molar-refractivity contribution in [1.82, 2.24) is 10.3 Å². The number of ether oxygens (including phenoxy) is 1. The maximum absolute atomic E-state index is 12.5. The first-order chi connectivity index (χ1) is 13.8. The van der Waals surface area contributed by atoms with Gasteiger partial charge in [-0.15, -0.1) is 0 Å². The van der Waals surface area contributed by atoms with Gasteiger partial charge in [0.1, 0.15) is 11.9 Å². The van der Waals surface area contributed by atoms with Crippen LogP contribution in [-0.4, -0.2) is 58.7 Å². The van der Waals surface area contributed by atoms with Crippen molar-refractivity contribution in [1.29, 1.82) is 0 Å². The number of Topliss-reactive ketones (excluding diaryl/α,β-unsaturated/α-hetero) is 1. The molecule has 0 unspecified atom stereocenters. The molecule has 3 aliphatic rings. The minimum atomic E-state index is -0.758. The summed E-state index contributed by atoms with van der Waals surface area (Å²) in [4.78, 5) is 30.7. The maximum atomic E-state index is 12.5. The lowest BCUT2D eigenvalue weighted by atomic mass is 9.72. The van der Waals surface area contributed by atoms with Gasteiger partial charge in [-0.25, -0.2) is 4.98 Å². The lowest BCUT2D eigenvalue weighted by molar-refractivity contribution is -0.199. The van der Waals surface area contributed by atoms with Crippen LogP contribution in [0.25, 0.3) is 0 Å². The van der Waals surface area contributed by atoms with E-state index in [1.165, 1.54) is 0 Å².